The molecule has 1 heterocycles. The predicted octanol–water partition coefficient (Wildman–Crippen LogP) is 3.14. The van der Waals surface area contributed by atoms with Gasteiger partial charge in [-0.25, -0.2) is 4.79 Å². The number of piperazine rings is 1. The van der Waals surface area contributed by atoms with Crippen molar-refractivity contribution in [2.24, 2.45) is 0 Å². The first-order chi connectivity index (χ1) is 13.3. The standard InChI is InChI=1S/C22H29N3O2/c1-2-23-22(26)25-15-13-24(14-16-25)17-18-27-21(19-9-5-3-6-10-19)20-11-7-4-8-12-20/h3-12,21H,2,13-18H2,1H3,(H,23,26). The summed E-state index contributed by atoms with van der Waals surface area (Å²) < 4.78 is 6.30. The van der Waals surface area contributed by atoms with Crippen LogP contribution < -0.4 is 5.32 Å². The van der Waals surface area contributed by atoms with E-state index < -0.39 is 0 Å². The van der Waals surface area contributed by atoms with Crippen LogP contribution in [-0.4, -0.2) is 61.7 Å². The largest absolute Gasteiger partial charge is 0.367 e. The van der Waals surface area contributed by atoms with E-state index in [2.05, 4.69) is 58.7 Å². The number of nitrogens with one attached hydrogen (secondary N) is 1. The molecule has 0 spiro atoms. The zero-order chi connectivity index (χ0) is 18.9. The second-order valence-corrected chi connectivity index (χ2v) is 6.74. The fourth-order valence-corrected chi connectivity index (χ4v) is 3.38. The highest BCUT2D eigenvalue weighted by molar-refractivity contribution is 5.74. The molecule has 1 aliphatic heterocycles. The maximum absolute atomic E-state index is 11.9. The average Bonchev–Trinajstić information content (AvgIpc) is 2.73. The lowest BCUT2D eigenvalue weighted by Gasteiger charge is -2.34. The van der Waals surface area contributed by atoms with Crippen LogP contribution in [-0.2, 0) is 4.74 Å². The number of hydrogen-bond acceptors (Lipinski definition) is 3. The van der Waals surface area contributed by atoms with Gasteiger partial charge in [-0.1, -0.05) is 60.7 Å². The van der Waals surface area contributed by atoms with Crippen molar-refractivity contribution >= 4 is 6.03 Å². The number of hydrogen-bond donors (Lipinski definition) is 1. The van der Waals surface area contributed by atoms with Gasteiger partial charge in [0.2, 0.25) is 0 Å². The Bertz CT molecular complexity index is 646. The van der Waals surface area contributed by atoms with Crippen LogP contribution in [0.25, 0.3) is 0 Å². The van der Waals surface area contributed by atoms with Gasteiger partial charge in [-0.3, -0.25) is 4.90 Å². The topological polar surface area (TPSA) is 44.8 Å². The molecule has 1 fully saturated rings. The first-order valence-corrected chi connectivity index (χ1v) is 9.74. The molecule has 5 nitrogen and oxygen atoms in total. The Balaban J connectivity index is 1.51. The zero-order valence-electron chi connectivity index (χ0n) is 16.0. The number of carbonyl (C=O) groups is 1. The van der Waals surface area contributed by atoms with Crippen molar-refractivity contribution in [2.45, 2.75) is 13.0 Å². The first kappa shape index (κ1) is 19.4. The molecule has 2 aromatic carbocycles. The summed E-state index contributed by atoms with van der Waals surface area (Å²) in [5.74, 6) is 0. The van der Waals surface area contributed by atoms with Gasteiger partial charge >= 0.3 is 6.03 Å². The zero-order valence-corrected chi connectivity index (χ0v) is 16.0. The number of nitrogens with zero attached hydrogens (tertiary/aromatic N) is 2. The highest BCUT2D eigenvalue weighted by Crippen LogP contribution is 2.25. The lowest BCUT2D eigenvalue weighted by molar-refractivity contribution is 0.0492. The van der Waals surface area contributed by atoms with E-state index in [0.29, 0.717) is 13.2 Å². The van der Waals surface area contributed by atoms with Gasteiger partial charge in [0.1, 0.15) is 6.10 Å². The summed E-state index contributed by atoms with van der Waals surface area (Å²) in [7, 11) is 0. The predicted molar refractivity (Wildman–Crippen MR) is 108 cm³/mol. The summed E-state index contributed by atoms with van der Waals surface area (Å²) in [5, 5.41) is 2.87. The van der Waals surface area contributed by atoms with Gasteiger partial charge in [-0.15, -0.1) is 0 Å². The van der Waals surface area contributed by atoms with Crippen LogP contribution in [0.3, 0.4) is 0 Å². The van der Waals surface area contributed by atoms with E-state index in [9.17, 15) is 4.79 Å². The fourth-order valence-electron chi connectivity index (χ4n) is 3.38. The SMILES string of the molecule is CCNC(=O)N1CCN(CCOC(c2ccccc2)c2ccccc2)CC1. The summed E-state index contributed by atoms with van der Waals surface area (Å²) in [6, 6.07) is 20.8. The van der Waals surface area contributed by atoms with Crippen LogP contribution in [0.1, 0.15) is 24.2 Å². The van der Waals surface area contributed by atoms with Crippen LogP contribution in [0, 0.1) is 0 Å². The number of benzene rings is 2. The Morgan fingerprint density at radius 1 is 0.963 bits per heavy atom. The van der Waals surface area contributed by atoms with Crippen molar-refractivity contribution in [2.75, 3.05) is 45.9 Å². The van der Waals surface area contributed by atoms with Crippen molar-refractivity contribution in [1.29, 1.82) is 0 Å². The van der Waals surface area contributed by atoms with Gasteiger partial charge in [0.25, 0.3) is 0 Å². The average molecular weight is 367 g/mol. The molecule has 0 saturated carbocycles. The maximum atomic E-state index is 11.9. The van der Waals surface area contributed by atoms with Crippen LogP contribution in [0.15, 0.2) is 60.7 Å². The summed E-state index contributed by atoms with van der Waals surface area (Å²) in [4.78, 5) is 16.1. The molecule has 0 bridgehead atoms. The molecule has 5 heteroatoms. The lowest BCUT2D eigenvalue weighted by atomic mass is 10.0. The van der Waals surface area contributed by atoms with Crippen LogP contribution >= 0.6 is 0 Å². The molecule has 0 radical (unpaired) electrons. The van der Waals surface area contributed by atoms with Gasteiger partial charge in [-0.2, -0.15) is 0 Å². The smallest absolute Gasteiger partial charge is 0.317 e. The van der Waals surface area contributed by atoms with Gasteiger partial charge < -0.3 is 15.0 Å². The Kier molecular flexibility index (Phi) is 7.25. The molecule has 0 aromatic heterocycles. The van der Waals surface area contributed by atoms with E-state index in [1.165, 1.54) is 11.1 Å². The molecule has 3 rings (SSSR count). The Morgan fingerprint density at radius 3 is 2.04 bits per heavy atom. The number of carbonyl (C=O) groups excluding carboxylic acids is 1. The van der Waals surface area contributed by atoms with Crippen LogP contribution in [0.5, 0.6) is 0 Å². The summed E-state index contributed by atoms with van der Waals surface area (Å²) in [5.41, 5.74) is 2.34. The van der Waals surface area contributed by atoms with Crippen molar-refractivity contribution in [3.63, 3.8) is 0 Å². The van der Waals surface area contributed by atoms with Crippen molar-refractivity contribution in [3.05, 3.63) is 71.8 Å². The molecule has 1 N–H and O–H groups in total. The summed E-state index contributed by atoms with van der Waals surface area (Å²) in [6.45, 7) is 7.48. The first-order valence-electron chi connectivity index (χ1n) is 9.74. The van der Waals surface area contributed by atoms with Crippen molar-refractivity contribution in [3.8, 4) is 0 Å². The third-order valence-electron chi connectivity index (χ3n) is 4.88. The highest BCUT2D eigenvalue weighted by Gasteiger charge is 2.21. The Hall–Kier alpha value is -2.37. The van der Waals surface area contributed by atoms with Crippen LogP contribution in [0.2, 0.25) is 0 Å². The third kappa shape index (κ3) is 5.55. The van der Waals surface area contributed by atoms with Gasteiger partial charge in [0.15, 0.2) is 0 Å². The van der Waals surface area contributed by atoms with Gasteiger partial charge in [0.05, 0.1) is 6.61 Å². The Labute approximate surface area is 161 Å². The lowest BCUT2D eigenvalue weighted by Crippen LogP contribution is -2.52. The minimum absolute atomic E-state index is 0.0432. The van der Waals surface area contributed by atoms with E-state index in [-0.39, 0.29) is 12.1 Å². The van der Waals surface area contributed by atoms with E-state index in [0.717, 1.165) is 32.7 Å². The molecule has 1 aliphatic rings. The molecule has 144 valence electrons. The van der Waals surface area contributed by atoms with Crippen molar-refractivity contribution < 1.29 is 9.53 Å². The molecule has 27 heavy (non-hydrogen) atoms. The van der Waals surface area contributed by atoms with E-state index in [1.807, 2.05) is 24.0 Å². The quantitative estimate of drug-likeness (QED) is 0.818. The number of ether oxygens (including phenoxy) is 1. The third-order valence-corrected chi connectivity index (χ3v) is 4.88. The van der Waals surface area contributed by atoms with Crippen molar-refractivity contribution in [1.82, 2.24) is 15.1 Å². The number of rotatable bonds is 7. The van der Waals surface area contributed by atoms with E-state index >= 15 is 0 Å². The van der Waals surface area contributed by atoms with Crippen LogP contribution in [0.4, 0.5) is 4.79 Å². The number of urea groups is 1. The normalized spacial score (nSPS) is 15.1. The second kappa shape index (κ2) is 10.1. The fraction of sp³-hybridized carbons (Fsp3) is 0.409. The number of amides is 2. The molecule has 0 atom stereocenters. The minimum atomic E-state index is -0.0518. The second-order valence-electron chi connectivity index (χ2n) is 6.74. The highest BCUT2D eigenvalue weighted by atomic mass is 16.5. The molecule has 2 amide bonds. The molecule has 2 aromatic rings. The minimum Gasteiger partial charge on any atom is -0.367 e. The molecular formula is C22H29N3O2. The molecular weight excluding hydrogens is 338 g/mol. The van der Waals surface area contributed by atoms with E-state index in [4.69, 9.17) is 4.74 Å². The van der Waals surface area contributed by atoms with E-state index in [1.54, 1.807) is 0 Å². The summed E-state index contributed by atoms with van der Waals surface area (Å²) in [6.07, 6.45) is -0.0518. The monoisotopic (exact) mass is 367 g/mol. The van der Waals surface area contributed by atoms with Gasteiger partial charge in [-0.05, 0) is 18.1 Å². The Morgan fingerprint density at radius 2 is 1.52 bits per heavy atom. The van der Waals surface area contributed by atoms with Gasteiger partial charge in [0, 0.05) is 39.3 Å². The summed E-state index contributed by atoms with van der Waals surface area (Å²) >= 11 is 0. The molecule has 1 saturated heterocycles. The molecule has 0 unspecified atom stereocenters. The molecule has 0 aliphatic carbocycles. The maximum Gasteiger partial charge on any atom is 0.317 e.